The summed E-state index contributed by atoms with van der Waals surface area (Å²) in [5, 5.41) is 11.5. The molecule has 0 bridgehead atoms. The molecule has 0 atom stereocenters. The number of carbonyl (C=O) groups excluding carboxylic acids is 2. The van der Waals surface area contributed by atoms with Gasteiger partial charge in [0.15, 0.2) is 0 Å². The summed E-state index contributed by atoms with van der Waals surface area (Å²) in [5.74, 6) is -0.158. The van der Waals surface area contributed by atoms with Crippen LogP contribution in [0.15, 0.2) is 24.3 Å². The first-order chi connectivity index (χ1) is 10.6. The van der Waals surface area contributed by atoms with Gasteiger partial charge in [-0.15, -0.1) is 0 Å². The average molecular weight is 305 g/mol. The molecule has 1 aromatic carbocycles. The third kappa shape index (κ3) is 6.13. The fraction of sp³-hybridized carbons (Fsp3) is 0.400. The molecular weight excluding hydrogens is 286 g/mol. The van der Waals surface area contributed by atoms with Gasteiger partial charge in [-0.3, -0.25) is 4.79 Å². The number of hydrogen-bond donors (Lipinski definition) is 1. The Kier molecular flexibility index (Phi) is 7.26. The molecule has 1 N–H and O–H groups in total. The molecule has 0 saturated heterocycles. The van der Waals surface area contributed by atoms with E-state index in [0.29, 0.717) is 25.2 Å². The predicted octanol–water partition coefficient (Wildman–Crippen LogP) is 2.15. The molecule has 118 valence electrons. The SMILES string of the molecule is COC(=O)OCCN(CCC#N)c1cccc(NC(C)=O)c1. The lowest BCUT2D eigenvalue weighted by Crippen LogP contribution is -2.29. The van der Waals surface area contributed by atoms with Crippen molar-refractivity contribution in [3.05, 3.63) is 24.3 Å². The molecule has 1 rings (SSSR count). The minimum atomic E-state index is -0.743. The van der Waals surface area contributed by atoms with Crippen molar-refractivity contribution >= 4 is 23.4 Å². The van der Waals surface area contributed by atoms with Gasteiger partial charge in [0.25, 0.3) is 0 Å². The molecular formula is C15H19N3O4. The molecule has 0 spiro atoms. The lowest BCUT2D eigenvalue weighted by Gasteiger charge is -2.24. The van der Waals surface area contributed by atoms with Crippen LogP contribution in [0.4, 0.5) is 16.2 Å². The highest BCUT2D eigenvalue weighted by Gasteiger charge is 2.09. The molecule has 0 fully saturated rings. The Labute approximate surface area is 129 Å². The zero-order valence-electron chi connectivity index (χ0n) is 12.7. The number of carbonyl (C=O) groups is 2. The van der Waals surface area contributed by atoms with Crippen molar-refractivity contribution in [2.24, 2.45) is 0 Å². The molecule has 0 aliphatic carbocycles. The highest BCUT2D eigenvalue weighted by molar-refractivity contribution is 5.89. The zero-order valence-corrected chi connectivity index (χ0v) is 12.7. The zero-order chi connectivity index (χ0) is 16.4. The van der Waals surface area contributed by atoms with Gasteiger partial charge >= 0.3 is 6.16 Å². The third-order valence-corrected chi connectivity index (χ3v) is 2.77. The number of nitrogens with one attached hydrogen (secondary N) is 1. The van der Waals surface area contributed by atoms with E-state index >= 15 is 0 Å². The topological polar surface area (TPSA) is 91.7 Å². The Morgan fingerprint density at radius 1 is 1.36 bits per heavy atom. The predicted molar refractivity (Wildman–Crippen MR) is 81.5 cm³/mol. The van der Waals surface area contributed by atoms with E-state index in [0.717, 1.165) is 5.69 Å². The Bertz CT molecular complexity index is 554. The maximum atomic E-state index is 11.1. The number of ether oxygens (including phenoxy) is 2. The molecule has 0 heterocycles. The van der Waals surface area contributed by atoms with Crippen LogP contribution in [0.3, 0.4) is 0 Å². The number of anilines is 2. The van der Waals surface area contributed by atoms with Crippen LogP contribution in [0.2, 0.25) is 0 Å². The van der Waals surface area contributed by atoms with Gasteiger partial charge < -0.3 is 19.7 Å². The van der Waals surface area contributed by atoms with Crippen LogP contribution < -0.4 is 10.2 Å². The van der Waals surface area contributed by atoms with Gasteiger partial charge in [0.2, 0.25) is 5.91 Å². The van der Waals surface area contributed by atoms with Crippen LogP contribution in [-0.4, -0.2) is 38.9 Å². The number of hydrogen-bond acceptors (Lipinski definition) is 6. The van der Waals surface area contributed by atoms with Crippen LogP contribution in [-0.2, 0) is 14.3 Å². The van der Waals surface area contributed by atoms with Crippen molar-refractivity contribution in [1.82, 2.24) is 0 Å². The summed E-state index contributed by atoms with van der Waals surface area (Å²) in [4.78, 5) is 24.0. The number of rotatable bonds is 7. The van der Waals surface area contributed by atoms with Crippen molar-refractivity contribution in [2.45, 2.75) is 13.3 Å². The van der Waals surface area contributed by atoms with E-state index < -0.39 is 6.16 Å². The molecule has 0 aliphatic rings. The van der Waals surface area contributed by atoms with E-state index in [2.05, 4.69) is 16.1 Å². The molecule has 0 radical (unpaired) electrons. The van der Waals surface area contributed by atoms with Crippen molar-refractivity contribution in [3.63, 3.8) is 0 Å². The van der Waals surface area contributed by atoms with Gasteiger partial charge in [-0.25, -0.2) is 4.79 Å². The van der Waals surface area contributed by atoms with Crippen LogP contribution in [0.1, 0.15) is 13.3 Å². The van der Waals surface area contributed by atoms with E-state index in [4.69, 9.17) is 10.00 Å². The molecule has 0 saturated carbocycles. The second-order valence-corrected chi connectivity index (χ2v) is 4.43. The number of nitrogens with zero attached hydrogens (tertiary/aromatic N) is 2. The molecule has 7 heteroatoms. The van der Waals surface area contributed by atoms with Gasteiger partial charge in [0.05, 0.1) is 26.1 Å². The molecule has 1 amide bonds. The quantitative estimate of drug-likeness (QED) is 0.776. The fourth-order valence-electron chi connectivity index (χ4n) is 1.84. The van der Waals surface area contributed by atoms with Gasteiger partial charge in [0.1, 0.15) is 6.61 Å². The molecule has 7 nitrogen and oxygen atoms in total. The molecule has 0 unspecified atom stereocenters. The minimum absolute atomic E-state index is 0.141. The van der Waals surface area contributed by atoms with E-state index in [1.54, 1.807) is 18.2 Å². The molecule has 22 heavy (non-hydrogen) atoms. The van der Waals surface area contributed by atoms with Gasteiger partial charge in [0, 0.05) is 24.8 Å². The fourth-order valence-corrected chi connectivity index (χ4v) is 1.84. The number of nitriles is 1. The van der Waals surface area contributed by atoms with Crippen molar-refractivity contribution in [1.29, 1.82) is 5.26 Å². The standard InChI is InChI=1S/C15H19N3O4/c1-12(19)17-13-5-3-6-14(11-13)18(8-4-7-16)9-10-22-15(20)21-2/h3,5-6,11H,4,8-10H2,1-2H3,(H,17,19). The van der Waals surface area contributed by atoms with Crippen molar-refractivity contribution < 1.29 is 19.1 Å². The normalized spacial score (nSPS) is 9.50. The monoisotopic (exact) mass is 305 g/mol. The van der Waals surface area contributed by atoms with E-state index in [1.807, 2.05) is 11.0 Å². The smallest absolute Gasteiger partial charge is 0.438 e. The summed E-state index contributed by atoms with van der Waals surface area (Å²) < 4.78 is 9.26. The molecule has 1 aromatic rings. The Morgan fingerprint density at radius 3 is 2.77 bits per heavy atom. The lowest BCUT2D eigenvalue weighted by atomic mass is 10.2. The minimum Gasteiger partial charge on any atom is -0.438 e. The summed E-state index contributed by atoms with van der Waals surface area (Å²) in [7, 11) is 1.24. The largest absolute Gasteiger partial charge is 0.508 e. The molecule has 0 aromatic heterocycles. The van der Waals surface area contributed by atoms with Crippen molar-refractivity contribution in [2.75, 3.05) is 37.0 Å². The maximum Gasteiger partial charge on any atom is 0.508 e. The number of amides is 1. The first-order valence-electron chi connectivity index (χ1n) is 6.77. The Morgan fingerprint density at radius 2 is 2.14 bits per heavy atom. The first kappa shape index (κ1) is 17.3. The van der Waals surface area contributed by atoms with Crippen LogP contribution in [0.5, 0.6) is 0 Å². The highest BCUT2D eigenvalue weighted by atomic mass is 16.7. The molecule has 0 aliphatic heterocycles. The first-order valence-corrected chi connectivity index (χ1v) is 6.77. The van der Waals surface area contributed by atoms with Crippen LogP contribution in [0, 0.1) is 11.3 Å². The average Bonchev–Trinajstić information content (AvgIpc) is 2.50. The van der Waals surface area contributed by atoms with Crippen LogP contribution >= 0.6 is 0 Å². The summed E-state index contributed by atoms with van der Waals surface area (Å²) in [6, 6.07) is 9.33. The maximum absolute atomic E-state index is 11.1. The Hall–Kier alpha value is -2.75. The third-order valence-electron chi connectivity index (χ3n) is 2.77. The van der Waals surface area contributed by atoms with E-state index in [9.17, 15) is 9.59 Å². The van der Waals surface area contributed by atoms with E-state index in [1.165, 1.54) is 14.0 Å². The Balaban J connectivity index is 2.75. The van der Waals surface area contributed by atoms with E-state index in [-0.39, 0.29) is 12.5 Å². The number of benzene rings is 1. The van der Waals surface area contributed by atoms with Gasteiger partial charge in [-0.05, 0) is 18.2 Å². The summed E-state index contributed by atoms with van der Waals surface area (Å²) in [6.45, 7) is 2.48. The summed E-state index contributed by atoms with van der Waals surface area (Å²) in [6.07, 6.45) is -0.407. The second kappa shape index (κ2) is 9.23. The van der Waals surface area contributed by atoms with Gasteiger partial charge in [-0.1, -0.05) is 6.07 Å². The summed E-state index contributed by atoms with van der Waals surface area (Å²) in [5.41, 5.74) is 1.50. The highest BCUT2D eigenvalue weighted by Crippen LogP contribution is 2.19. The van der Waals surface area contributed by atoms with Crippen molar-refractivity contribution in [3.8, 4) is 6.07 Å². The lowest BCUT2D eigenvalue weighted by molar-refractivity contribution is -0.114. The van der Waals surface area contributed by atoms with Crippen LogP contribution in [0.25, 0.3) is 0 Å². The van der Waals surface area contributed by atoms with Gasteiger partial charge in [-0.2, -0.15) is 5.26 Å². The second-order valence-electron chi connectivity index (χ2n) is 4.43. The summed E-state index contributed by atoms with van der Waals surface area (Å²) >= 11 is 0. The number of methoxy groups -OCH3 is 1.